The van der Waals surface area contributed by atoms with E-state index in [1.807, 2.05) is 0 Å². The average Bonchev–Trinajstić information content (AvgIpc) is 1.35. The molecule has 0 fully saturated rings. The molecule has 5 heteroatoms. The van der Waals surface area contributed by atoms with E-state index in [9.17, 15) is 9.46 Å². The van der Waals surface area contributed by atoms with Gasteiger partial charge >= 0.3 is 17.1 Å². The van der Waals surface area contributed by atoms with Crippen LogP contribution in [0.25, 0.3) is 0 Å². The second-order valence-corrected chi connectivity index (χ2v) is 1.27. The van der Waals surface area contributed by atoms with Crippen molar-refractivity contribution in [3.8, 4) is 0 Å². The minimum absolute atomic E-state index is 0. The van der Waals surface area contributed by atoms with Crippen LogP contribution in [0.1, 0.15) is 0 Å². The largest absolute Gasteiger partial charge is 1.00 e. The molecule has 0 saturated heterocycles. The molecule has 7 heavy (non-hydrogen) atoms. The van der Waals surface area contributed by atoms with Crippen LogP contribution in [0, 0.1) is 0 Å². The molecule has 0 bridgehead atoms. The third-order valence-corrected chi connectivity index (χ3v) is 0.539. The fraction of sp³-hybridized carbons (Fsp3) is 0. The Morgan fingerprint density at radius 1 is 1.86 bits per heavy atom. The molecule has 0 aromatic rings. The van der Waals surface area contributed by atoms with Crippen LogP contribution in [0.5, 0.6) is 0 Å². The number of hydrogen-bond acceptors (Lipinski definition) is 3. The van der Waals surface area contributed by atoms with Crippen molar-refractivity contribution >= 4 is 8.25 Å². The summed E-state index contributed by atoms with van der Waals surface area (Å²) >= 11 is 0. The first kappa shape index (κ1) is 10.3. The maximum Gasteiger partial charge on any atom is 1.00 e. The van der Waals surface area contributed by atoms with Crippen molar-refractivity contribution < 1.29 is 31.1 Å². The summed E-state index contributed by atoms with van der Waals surface area (Å²) in [6.07, 6.45) is 0.869. The van der Waals surface area contributed by atoms with Gasteiger partial charge in [-0.15, -0.1) is 0 Å². The Hall–Kier alpha value is 0.249. The molecule has 0 aliphatic carbocycles. The molecule has 3 nitrogen and oxygen atoms in total. The maximum atomic E-state index is 9.38. The first-order chi connectivity index (χ1) is 2.77. The van der Waals surface area contributed by atoms with Crippen LogP contribution in [-0.2, 0) is 26.2 Å². The van der Waals surface area contributed by atoms with Gasteiger partial charge in [-0.2, -0.15) is 0 Å². The van der Waals surface area contributed by atoms with Gasteiger partial charge in [0.1, 0.15) is 0 Å². The summed E-state index contributed by atoms with van der Waals surface area (Å²) in [5.41, 5.74) is 0. The number of hydrogen-bond donors (Lipinski definition) is 0. The van der Waals surface area contributed by atoms with Crippen molar-refractivity contribution in [2.24, 2.45) is 0 Å². The summed E-state index contributed by atoms with van der Waals surface area (Å²) in [5.74, 6) is 0. The zero-order chi connectivity index (χ0) is 4.99. The predicted molar refractivity (Wildman–Crippen MR) is 20.3 cm³/mol. The van der Waals surface area contributed by atoms with Crippen molar-refractivity contribution in [2.75, 3.05) is 0 Å². The Kier molecular flexibility index (Phi) is 9.17. The van der Waals surface area contributed by atoms with E-state index in [1.54, 1.807) is 0 Å². The van der Waals surface area contributed by atoms with E-state index in [1.165, 1.54) is 0 Å². The molecule has 1 unspecified atom stereocenters. The van der Waals surface area contributed by atoms with Crippen molar-refractivity contribution in [2.45, 2.75) is 0 Å². The summed E-state index contributed by atoms with van der Waals surface area (Å²) in [5, 5.41) is 0. The molecule has 0 saturated carbocycles. The van der Waals surface area contributed by atoms with Crippen molar-refractivity contribution in [1.82, 2.24) is 0 Å². The predicted octanol–water partition coefficient (Wildman–Crippen LogP) is -0.106. The van der Waals surface area contributed by atoms with E-state index >= 15 is 0 Å². The Balaban J connectivity index is 0. The summed E-state index contributed by atoms with van der Waals surface area (Å²) in [7, 11) is -3.00. The van der Waals surface area contributed by atoms with E-state index < -0.39 is 8.25 Å². The van der Waals surface area contributed by atoms with Gasteiger partial charge in [-0.3, -0.25) is 4.57 Å². The van der Waals surface area contributed by atoms with E-state index in [4.69, 9.17) is 0 Å². The van der Waals surface area contributed by atoms with Crippen LogP contribution >= 0.6 is 8.25 Å². The third kappa shape index (κ3) is 10.7. The molecular weight excluding hydrogens is 167 g/mol. The molecule has 0 aliphatic heterocycles. The summed E-state index contributed by atoms with van der Waals surface area (Å²) in [6, 6.07) is 0. The van der Waals surface area contributed by atoms with Crippen molar-refractivity contribution in [3.05, 3.63) is 12.8 Å². The van der Waals surface area contributed by atoms with Gasteiger partial charge in [-0.25, -0.2) is 0 Å². The topological polar surface area (TPSA) is 49.4 Å². The number of rotatable bonds is 2. The van der Waals surface area contributed by atoms with Crippen LogP contribution in [0.4, 0.5) is 0 Å². The molecule has 0 heterocycles. The Morgan fingerprint density at radius 3 is 2.29 bits per heavy atom. The van der Waals surface area contributed by atoms with Gasteiger partial charge in [0.15, 0.2) is 8.25 Å². The monoisotopic (exact) mass is 170 g/mol. The van der Waals surface area contributed by atoms with E-state index in [0.29, 0.717) is 0 Å². The van der Waals surface area contributed by atoms with Gasteiger partial charge in [-0.05, 0) is 0 Å². The molecule has 0 amide bonds. The summed E-state index contributed by atoms with van der Waals surface area (Å²) < 4.78 is 13.2. The van der Waals surface area contributed by atoms with Crippen LogP contribution < -0.4 is 4.89 Å². The molecular formula is C2H4CuO3P. The Labute approximate surface area is 52.8 Å². The van der Waals surface area contributed by atoms with E-state index in [2.05, 4.69) is 11.1 Å². The SMILES string of the molecule is C=CO[PH](=O)[O-].[Cu+]. The molecule has 46 valence electrons. The minimum Gasteiger partial charge on any atom is -0.771 e. The maximum absolute atomic E-state index is 9.38. The fourth-order valence-electron chi connectivity index (χ4n) is 0.0680. The van der Waals surface area contributed by atoms with Gasteiger partial charge in [0.2, 0.25) is 0 Å². The first-order valence-corrected chi connectivity index (χ1v) is 2.48. The quantitative estimate of drug-likeness (QED) is 0.330. The normalized spacial score (nSPS) is 11.0. The fourth-order valence-corrected chi connectivity index (χ4v) is 0.204. The van der Waals surface area contributed by atoms with Crippen LogP contribution in [0.15, 0.2) is 12.8 Å². The molecule has 0 aromatic heterocycles. The van der Waals surface area contributed by atoms with Gasteiger partial charge in [-0.1, -0.05) is 6.58 Å². The van der Waals surface area contributed by atoms with Crippen molar-refractivity contribution in [1.29, 1.82) is 0 Å². The summed E-state index contributed by atoms with van der Waals surface area (Å²) in [4.78, 5) is 9.38. The Morgan fingerprint density at radius 2 is 2.29 bits per heavy atom. The standard InChI is InChI=1S/C2H5O3P.Cu/c1-2-5-6(3)4;/h2,6H,1H2,(H,3,4);/q;+1/p-1. The molecule has 0 aliphatic rings. The van der Waals surface area contributed by atoms with Crippen LogP contribution in [0.3, 0.4) is 0 Å². The smallest absolute Gasteiger partial charge is 0.771 e. The van der Waals surface area contributed by atoms with Crippen LogP contribution in [0.2, 0.25) is 0 Å². The second-order valence-electron chi connectivity index (χ2n) is 0.535. The third-order valence-electron chi connectivity index (χ3n) is 0.180. The molecule has 0 spiro atoms. The van der Waals surface area contributed by atoms with Crippen LogP contribution in [-0.4, -0.2) is 0 Å². The van der Waals surface area contributed by atoms with Gasteiger partial charge in [0.05, 0.1) is 6.26 Å². The molecule has 0 radical (unpaired) electrons. The van der Waals surface area contributed by atoms with Crippen molar-refractivity contribution in [3.63, 3.8) is 0 Å². The minimum atomic E-state index is -3.00. The van der Waals surface area contributed by atoms with Gasteiger partial charge in [0, 0.05) is 0 Å². The van der Waals surface area contributed by atoms with E-state index in [0.717, 1.165) is 6.26 Å². The van der Waals surface area contributed by atoms with Gasteiger partial charge < -0.3 is 9.42 Å². The molecule has 0 N–H and O–H groups in total. The zero-order valence-electron chi connectivity index (χ0n) is 3.31. The van der Waals surface area contributed by atoms with E-state index in [-0.39, 0.29) is 17.1 Å². The second kappa shape index (κ2) is 6.25. The summed E-state index contributed by atoms with van der Waals surface area (Å²) in [6.45, 7) is 3.00. The Bertz CT molecular complexity index is 73.3. The van der Waals surface area contributed by atoms with Gasteiger partial charge in [0.25, 0.3) is 0 Å². The molecule has 0 aromatic carbocycles. The average molecular weight is 171 g/mol. The molecule has 1 atom stereocenters. The molecule has 0 rings (SSSR count). The first-order valence-electron chi connectivity index (χ1n) is 1.26. The zero-order valence-corrected chi connectivity index (χ0v) is 5.25.